The molecule has 4 heteroatoms. The van der Waals surface area contributed by atoms with Gasteiger partial charge in [-0.15, -0.1) is 0 Å². The summed E-state index contributed by atoms with van der Waals surface area (Å²) in [7, 11) is 0. The topological polar surface area (TPSA) is 68.3 Å². The molecule has 2 aliphatic carbocycles. The molecule has 1 aromatic heterocycles. The molecule has 122 valence electrons. The summed E-state index contributed by atoms with van der Waals surface area (Å²) < 4.78 is 5.69. The molecular weight excluding hydrogens is 288 g/mol. The molecule has 0 saturated heterocycles. The van der Waals surface area contributed by atoms with Gasteiger partial charge in [-0.1, -0.05) is 0 Å². The molecule has 4 nitrogen and oxygen atoms in total. The molecule has 1 saturated carbocycles. The second-order valence-electron chi connectivity index (χ2n) is 7.35. The third-order valence-electron chi connectivity index (χ3n) is 5.55. The number of hydrogen-bond acceptors (Lipinski definition) is 3. The maximum absolute atomic E-state index is 12.5. The molecule has 4 rings (SSSR count). The first-order chi connectivity index (χ1) is 11.1. The molecule has 1 fully saturated rings. The molecule has 2 aromatic rings. The Hall–Kier alpha value is -1.81. The van der Waals surface area contributed by atoms with Gasteiger partial charge in [-0.25, -0.2) is 0 Å². The molecular formula is C19H24N2O2. The van der Waals surface area contributed by atoms with Gasteiger partial charge in [0, 0.05) is 17.5 Å². The van der Waals surface area contributed by atoms with Crippen LogP contribution in [0.4, 0.5) is 0 Å². The van der Waals surface area contributed by atoms with Crippen molar-refractivity contribution < 1.29 is 9.21 Å². The van der Waals surface area contributed by atoms with Gasteiger partial charge in [0.25, 0.3) is 0 Å². The highest BCUT2D eigenvalue weighted by atomic mass is 16.3. The molecule has 2 aliphatic rings. The van der Waals surface area contributed by atoms with Gasteiger partial charge in [-0.3, -0.25) is 4.79 Å². The number of nitrogens with one attached hydrogen (secondary N) is 1. The van der Waals surface area contributed by atoms with Crippen molar-refractivity contribution in [2.75, 3.05) is 6.54 Å². The van der Waals surface area contributed by atoms with Crippen LogP contribution in [-0.4, -0.2) is 18.0 Å². The van der Waals surface area contributed by atoms with Crippen molar-refractivity contribution in [3.63, 3.8) is 0 Å². The first-order valence-corrected chi connectivity index (χ1v) is 8.62. The third kappa shape index (κ3) is 2.65. The Labute approximate surface area is 136 Å². The highest BCUT2D eigenvalue weighted by molar-refractivity contribution is 5.89. The Morgan fingerprint density at radius 1 is 1.35 bits per heavy atom. The number of amides is 1. The van der Waals surface area contributed by atoms with Gasteiger partial charge < -0.3 is 15.5 Å². The fraction of sp³-hybridized carbons (Fsp3) is 0.526. The SMILES string of the molecule is CC(CN)(NC(=O)Cc1coc2cc3c(cc12)CCC3)C1CC1. The maximum Gasteiger partial charge on any atom is 0.225 e. The van der Waals surface area contributed by atoms with Crippen LogP contribution in [-0.2, 0) is 24.1 Å². The highest BCUT2D eigenvalue weighted by Gasteiger charge is 2.41. The number of hydrogen-bond donors (Lipinski definition) is 2. The van der Waals surface area contributed by atoms with Gasteiger partial charge in [0.15, 0.2) is 0 Å². The zero-order valence-electron chi connectivity index (χ0n) is 13.7. The summed E-state index contributed by atoms with van der Waals surface area (Å²) in [5, 5.41) is 4.24. The molecule has 0 aliphatic heterocycles. The maximum atomic E-state index is 12.5. The number of carbonyl (C=O) groups excluding carboxylic acids is 1. The second-order valence-corrected chi connectivity index (χ2v) is 7.35. The predicted octanol–water partition coefficient (Wildman–Crippen LogP) is 2.71. The monoisotopic (exact) mass is 312 g/mol. The molecule has 0 radical (unpaired) electrons. The average molecular weight is 312 g/mol. The molecule has 1 amide bonds. The Bertz CT molecular complexity index is 760. The van der Waals surface area contributed by atoms with Gasteiger partial charge in [0.2, 0.25) is 5.91 Å². The van der Waals surface area contributed by atoms with Gasteiger partial charge in [0.1, 0.15) is 5.58 Å². The van der Waals surface area contributed by atoms with Crippen LogP contribution in [0.25, 0.3) is 11.0 Å². The fourth-order valence-corrected chi connectivity index (χ4v) is 3.86. The number of rotatable bonds is 5. The lowest BCUT2D eigenvalue weighted by molar-refractivity contribution is -0.122. The molecule has 3 N–H and O–H groups in total. The van der Waals surface area contributed by atoms with Gasteiger partial charge in [-0.05, 0) is 68.2 Å². The van der Waals surface area contributed by atoms with Gasteiger partial charge in [-0.2, -0.15) is 0 Å². The summed E-state index contributed by atoms with van der Waals surface area (Å²) in [5.41, 5.74) is 10.3. The lowest BCUT2D eigenvalue weighted by atomic mass is 9.95. The van der Waals surface area contributed by atoms with Gasteiger partial charge in [0.05, 0.1) is 18.2 Å². The van der Waals surface area contributed by atoms with Crippen molar-refractivity contribution in [2.45, 2.75) is 51.0 Å². The van der Waals surface area contributed by atoms with Crippen LogP contribution in [0, 0.1) is 5.92 Å². The van der Waals surface area contributed by atoms with Crippen molar-refractivity contribution in [1.82, 2.24) is 5.32 Å². The van der Waals surface area contributed by atoms with Crippen molar-refractivity contribution in [2.24, 2.45) is 11.7 Å². The summed E-state index contributed by atoms with van der Waals surface area (Å²) in [4.78, 5) is 12.5. The van der Waals surface area contributed by atoms with Crippen molar-refractivity contribution in [3.05, 3.63) is 35.1 Å². The molecule has 1 atom stereocenters. The molecule has 1 heterocycles. The Morgan fingerprint density at radius 3 is 2.78 bits per heavy atom. The predicted molar refractivity (Wildman–Crippen MR) is 90.3 cm³/mol. The third-order valence-corrected chi connectivity index (χ3v) is 5.55. The van der Waals surface area contributed by atoms with Crippen molar-refractivity contribution in [3.8, 4) is 0 Å². The highest BCUT2D eigenvalue weighted by Crippen LogP contribution is 2.39. The number of aryl methyl sites for hydroxylation is 2. The number of furan rings is 1. The largest absolute Gasteiger partial charge is 0.464 e. The van der Waals surface area contributed by atoms with Crippen molar-refractivity contribution in [1.29, 1.82) is 0 Å². The number of benzene rings is 1. The van der Waals surface area contributed by atoms with Crippen molar-refractivity contribution >= 4 is 16.9 Å². The Morgan fingerprint density at radius 2 is 2.09 bits per heavy atom. The van der Waals surface area contributed by atoms with Crippen LogP contribution in [0.5, 0.6) is 0 Å². The van der Waals surface area contributed by atoms with E-state index >= 15 is 0 Å². The molecule has 0 bridgehead atoms. The summed E-state index contributed by atoms with van der Waals surface area (Å²) in [6.07, 6.45) is 7.90. The van der Waals surface area contributed by atoms with E-state index in [1.807, 2.05) is 0 Å². The van der Waals surface area contributed by atoms with Crippen LogP contribution in [0.1, 0.15) is 42.9 Å². The van der Waals surface area contributed by atoms with E-state index in [0.29, 0.717) is 18.9 Å². The molecule has 1 aromatic carbocycles. The number of nitrogens with two attached hydrogens (primary N) is 1. The molecule has 0 spiro atoms. The second kappa shape index (κ2) is 5.38. The lowest BCUT2D eigenvalue weighted by Gasteiger charge is -2.29. The zero-order chi connectivity index (χ0) is 16.0. The van der Waals surface area contributed by atoms with Gasteiger partial charge >= 0.3 is 0 Å². The summed E-state index contributed by atoms with van der Waals surface area (Å²) in [6.45, 7) is 2.55. The number of fused-ring (bicyclic) bond motifs is 2. The van der Waals surface area contributed by atoms with E-state index < -0.39 is 0 Å². The minimum Gasteiger partial charge on any atom is -0.464 e. The quantitative estimate of drug-likeness (QED) is 0.892. The first kappa shape index (κ1) is 14.8. The summed E-state index contributed by atoms with van der Waals surface area (Å²) in [5.74, 6) is 0.564. The normalized spacial score (nSPS) is 19.6. The standard InChI is InChI=1S/C19H24N2O2/c1-19(11-20,15-5-6-15)21-18(22)9-14-10-23-17-8-13-4-2-3-12(13)7-16(14)17/h7-8,10,15H,2-6,9,11,20H2,1H3,(H,21,22). The zero-order valence-corrected chi connectivity index (χ0v) is 13.7. The molecule has 23 heavy (non-hydrogen) atoms. The van der Waals surface area contributed by atoms with Crippen LogP contribution < -0.4 is 11.1 Å². The van der Waals surface area contributed by atoms with E-state index in [0.717, 1.165) is 42.2 Å². The van der Waals surface area contributed by atoms with Crippen LogP contribution in [0.2, 0.25) is 0 Å². The van der Waals surface area contributed by atoms with E-state index in [4.69, 9.17) is 10.2 Å². The van der Waals surface area contributed by atoms with Crippen LogP contribution >= 0.6 is 0 Å². The Balaban J connectivity index is 1.54. The summed E-state index contributed by atoms with van der Waals surface area (Å²) in [6, 6.07) is 4.36. The van der Waals surface area contributed by atoms with E-state index in [1.165, 1.54) is 17.5 Å². The van der Waals surface area contributed by atoms with E-state index in [2.05, 4.69) is 24.4 Å². The average Bonchev–Trinajstić information content (AvgIpc) is 3.20. The van der Waals surface area contributed by atoms with E-state index in [9.17, 15) is 4.79 Å². The van der Waals surface area contributed by atoms with E-state index in [-0.39, 0.29) is 11.4 Å². The van der Waals surface area contributed by atoms with Crippen LogP contribution in [0.3, 0.4) is 0 Å². The first-order valence-electron chi connectivity index (χ1n) is 8.62. The van der Waals surface area contributed by atoms with Crippen LogP contribution in [0.15, 0.2) is 22.8 Å². The lowest BCUT2D eigenvalue weighted by Crippen LogP contribution is -2.53. The van der Waals surface area contributed by atoms with E-state index in [1.54, 1.807) is 6.26 Å². The number of carbonyl (C=O) groups is 1. The Kier molecular flexibility index (Phi) is 3.45. The summed E-state index contributed by atoms with van der Waals surface area (Å²) >= 11 is 0. The fourth-order valence-electron chi connectivity index (χ4n) is 3.86. The minimum absolute atomic E-state index is 0.0352. The smallest absolute Gasteiger partial charge is 0.225 e. The minimum atomic E-state index is -0.266. The molecule has 1 unspecified atom stereocenters.